The van der Waals surface area contributed by atoms with Crippen molar-refractivity contribution in [1.82, 2.24) is 10.2 Å². The van der Waals surface area contributed by atoms with E-state index in [9.17, 15) is 4.39 Å². The van der Waals surface area contributed by atoms with Gasteiger partial charge in [0.15, 0.2) is 0 Å². The molecule has 1 N–H and O–H groups in total. The van der Waals surface area contributed by atoms with Crippen molar-refractivity contribution in [1.29, 1.82) is 0 Å². The lowest BCUT2D eigenvalue weighted by Gasteiger charge is -2.29. The highest BCUT2D eigenvalue weighted by Crippen LogP contribution is 2.38. The molecule has 1 saturated heterocycles. The molecule has 4 atom stereocenters. The zero-order chi connectivity index (χ0) is 14.8. The maximum atomic E-state index is 14.0. The monoisotopic (exact) mass is 290 g/mol. The number of fused-ring (bicyclic) bond motifs is 1. The largest absolute Gasteiger partial charge is 0.313 e. The maximum absolute atomic E-state index is 14.0. The Morgan fingerprint density at radius 2 is 1.90 bits per heavy atom. The summed E-state index contributed by atoms with van der Waals surface area (Å²) in [5.74, 6) is 2.17. The van der Waals surface area contributed by atoms with Crippen LogP contribution >= 0.6 is 0 Å². The molecule has 1 heterocycles. The second kappa shape index (κ2) is 6.45. The summed E-state index contributed by atoms with van der Waals surface area (Å²) in [6, 6.07) is 7.25. The number of halogens is 1. The van der Waals surface area contributed by atoms with Gasteiger partial charge in [0.1, 0.15) is 5.82 Å². The minimum Gasteiger partial charge on any atom is -0.313 e. The van der Waals surface area contributed by atoms with E-state index in [1.165, 1.54) is 32.4 Å². The summed E-state index contributed by atoms with van der Waals surface area (Å²) < 4.78 is 14.0. The van der Waals surface area contributed by atoms with Crippen molar-refractivity contribution in [2.24, 2.45) is 17.8 Å². The predicted molar refractivity (Wildman–Crippen MR) is 84.6 cm³/mol. The minimum atomic E-state index is -0.0954. The lowest BCUT2D eigenvalue weighted by molar-refractivity contribution is 0.236. The van der Waals surface area contributed by atoms with E-state index in [4.69, 9.17) is 0 Å². The summed E-state index contributed by atoms with van der Waals surface area (Å²) in [7, 11) is 1.94. The van der Waals surface area contributed by atoms with E-state index >= 15 is 0 Å². The molecule has 1 saturated carbocycles. The number of nitrogens with zero attached hydrogens (tertiary/aromatic N) is 1. The minimum absolute atomic E-state index is 0.0895. The van der Waals surface area contributed by atoms with Crippen LogP contribution in [0.3, 0.4) is 0 Å². The summed E-state index contributed by atoms with van der Waals surface area (Å²) >= 11 is 0. The first-order valence-electron chi connectivity index (χ1n) is 8.33. The fourth-order valence-electron chi connectivity index (χ4n) is 4.47. The summed E-state index contributed by atoms with van der Waals surface area (Å²) in [4.78, 5) is 2.60. The van der Waals surface area contributed by atoms with E-state index in [0.717, 1.165) is 23.9 Å². The van der Waals surface area contributed by atoms with E-state index in [2.05, 4.69) is 17.1 Å². The summed E-state index contributed by atoms with van der Waals surface area (Å²) in [6.07, 6.45) is 4.25. The predicted octanol–water partition coefficient (Wildman–Crippen LogP) is 3.45. The highest BCUT2D eigenvalue weighted by Gasteiger charge is 2.36. The summed E-state index contributed by atoms with van der Waals surface area (Å²) in [6.45, 7) is 5.81. The number of nitrogens with one attached hydrogen (secondary N) is 1. The smallest absolute Gasteiger partial charge is 0.127 e. The quantitative estimate of drug-likeness (QED) is 0.893. The molecule has 3 rings (SSSR count). The molecule has 1 aromatic rings. The van der Waals surface area contributed by atoms with Crippen LogP contribution in [0.4, 0.5) is 4.39 Å². The number of benzene rings is 1. The summed E-state index contributed by atoms with van der Waals surface area (Å²) in [5, 5.41) is 3.32. The molecule has 1 aliphatic heterocycles. The third-order valence-electron chi connectivity index (χ3n) is 5.47. The first-order valence-corrected chi connectivity index (χ1v) is 8.33. The Labute approximate surface area is 127 Å². The molecular weight excluding hydrogens is 263 g/mol. The zero-order valence-corrected chi connectivity index (χ0v) is 13.2. The number of likely N-dealkylation sites (tertiary alicyclic amines) is 1. The van der Waals surface area contributed by atoms with Crippen molar-refractivity contribution >= 4 is 0 Å². The van der Waals surface area contributed by atoms with Crippen molar-refractivity contribution in [2.45, 2.75) is 32.2 Å². The lowest BCUT2D eigenvalue weighted by Crippen LogP contribution is -2.34. The topological polar surface area (TPSA) is 15.3 Å². The molecule has 0 bridgehead atoms. The van der Waals surface area contributed by atoms with Gasteiger partial charge in [-0.2, -0.15) is 0 Å². The van der Waals surface area contributed by atoms with Gasteiger partial charge in [0, 0.05) is 31.2 Å². The molecule has 2 aliphatic rings. The first kappa shape index (κ1) is 15.0. The van der Waals surface area contributed by atoms with Gasteiger partial charge in [-0.25, -0.2) is 4.39 Å². The summed E-state index contributed by atoms with van der Waals surface area (Å²) in [5.41, 5.74) is 0.798. The molecule has 116 valence electrons. The molecule has 2 fully saturated rings. The van der Waals surface area contributed by atoms with Crippen LogP contribution in [0.1, 0.15) is 37.8 Å². The average Bonchev–Trinajstić information content (AvgIpc) is 3.02. The molecule has 0 aromatic heterocycles. The van der Waals surface area contributed by atoms with Gasteiger partial charge in [0.2, 0.25) is 0 Å². The molecule has 0 spiro atoms. The van der Waals surface area contributed by atoms with E-state index in [1.54, 1.807) is 12.1 Å². The highest BCUT2D eigenvalue weighted by atomic mass is 19.1. The van der Waals surface area contributed by atoms with Crippen molar-refractivity contribution in [3.8, 4) is 0 Å². The number of hydrogen-bond acceptors (Lipinski definition) is 2. The fraction of sp³-hybridized carbons (Fsp3) is 0.667. The van der Waals surface area contributed by atoms with Crippen molar-refractivity contribution in [3.05, 3.63) is 35.6 Å². The van der Waals surface area contributed by atoms with Gasteiger partial charge in [-0.05, 0) is 43.7 Å². The first-order chi connectivity index (χ1) is 10.2. The fourth-order valence-corrected chi connectivity index (χ4v) is 4.47. The maximum Gasteiger partial charge on any atom is 0.127 e. The molecule has 2 nitrogen and oxygen atoms in total. The van der Waals surface area contributed by atoms with Crippen LogP contribution in [0.5, 0.6) is 0 Å². The third kappa shape index (κ3) is 3.14. The second-order valence-electron chi connectivity index (χ2n) is 6.93. The van der Waals surface area contributed by atoms with Gasteiger partial charge in [-0.1, -0.05) is 31.5 Å². The van der Waals surface area contributed by atoms with Crippen molar-refractivity contribution in [3.63, 3.8) is 0 Å². The zero-order valence-electron chi connectivity index (χ0n) is 13.2. The van der Waals surface area contributed by atoms with Crippen LogP contribution in [0.15, 0.2) is 24.3 Å². The SMILES string of the molecule is CNC(c1ccccc1F)C(C)CN1CC2CCCC2C1. The molecule has 0 radical (unpaired) electrons. The average molecular weight is 290 g/mol. The van der Waals surface area contributed by atoms with Crippen LogP contribution in [0, 0.1) is 23.6 Å². The Balaban J connectivity index is 1.63. The van der Waals surface area contributed by atoms with E-state index < -0.39 is 0 Å². The molecule has 4 unspecified atom stereocenters. The van der Waals surface area contributed by atoms with Crippen molar-refractivity contribution < 1.29 is 4.39 Å². The molecule has 1 aromatic carbocycles. The van der Waals surface area contributed by atoms with Crippen LogP contribution < -0.4 is 5.32 Å². The van der Waals surface area contributed by atoms with Gasteiger partial charge >= 0.3 is 0 Å². The number of hydrogen-bond donors (Lipinski definition) is 1. The third-order valence-corrected chi connectivity index (χ3v) is 5.47. The van der Waals surface area contributed by atoms with E-state index in [-0.39, 0.29) is 11.9 Å². The van der Waals surface area contributed by atoms with Crippen LogP contribution in [-0.2, 0) is 0 Å². The van der Waals surface area contributed by atoms with Gasteiger partial charge in [-0.15, -0.1) is 0 Å². The highest BCUT2D eigenvalue weighted by molar-refractivity contribution is 5.21. The van der Waals surface area contributed by atoms with Gasteiger partial charge in [0.25, 0.3) is 0 Å². The Kier molecular flexibility index (Phi) is 4.60. The normalized spacial score (nSPS) is 28.5. The molecule has 1 aliphatic carbocycles. The number of rotatable bonds is 5. The van der Waals surface area contributed by atoms with Gasteiger partial charge in [0.05, 0.1) is 0 Å². The lowest BCUT2D eigenvalue weighted by atomic mass is 9.93. The molecule has 3 heteroatoms. The van der Waals surface area contributed by atoms with Gasteiger partial charge < -0.3 is 10.2 Å². The van der Waals surface area contributed by atoms with E-state index in [1.807, 2.05) is 19.2 Å². The Morgan fingerprint density at radius 1 is 1.24 bits per heavy atom. The standard InChI is InChI=1S/C18H27FN2/c1-13(10-21-11-14-6-5-7-15(14)12-21)18(20-2)16-8-3-4-9-17(16)19/h3-4,8-9,13-15,18,20H,5-7,10-12H2,1-2H3. The molecule has 0 amide bonds. The van der Waals surface area contributed by atoms with Crippen LogP contribution in [0.25, 0.3) is 0 Å². The Morgan fingerprint density at radius 3 is 2.52 bits per heavy atom. The van der Waals surface area contributed by atoms with Crippen molar-refractivity contribution in [2.75, 3.05) is 26.7 Å². The molecule has 21 heavy (non-hydrogen) atoms. The van der Waals surface area contributed by atoms with Crippen LogP contribution in [0.2, 0.25) is 0 Å². The Hall–Kier alpha value is -0.930. The second-order valence-corrected chi connectivity index (χ2v) is 6.93. The Bertz CT molecular complexity index is 464. The van der Waals surface area contributed by atoms with E-state index in [0.29, 0.717) is 5.92 Å². The van der Waals surface area contributed by atoms with Crippen LogP contribution in [-0.4, -0.2) is 31.6 Å². The molecular formula is C18H27FN2. The van der Waals surface area contributed by atoms with Gasteiger partial charge in [-0.3, -0.25) is 0 Å².